The summed E-state index contributed by atoms with van der Waals surface area (Å²) in [5, 5.41) is 5.35. The normalized spacial score (nSPS) is 16.5. The quantitative estimate of drug-likeness (QED) is 0.514. The van der Waals surface area contributed by atoms with Gasteiger partial charge in [0.05, 0.1) is 30.7 Å². The lowest BCUT2D eigenvalue weighted by molar-refractivity contribution is 0.0730. The summed E-state index contributed by atoms with van der Waals surface area (Å²) in [7, 11) is -3.62. The predicted octanol–water partition coefficient (Wildman–Crippen LogP) is 2.62. The maximum atomic E-state index is 12.9. The number of benzene rings is 1. The maximum absolute atomic E-state index is 12.9. The van der Waals surface area contributed by atoms with Crippen molar-refractivity contribution in [3.63, 3.8) is 0 Å². The highest BCUT2D eigenvalue weighted by atomic mass is 32.2. The standard InChI is InChI=1S/C22H31N3O4S2/c1-3-24(4-2)20(22-9-6-14-30-22)16-23-17-21(26)18-7-5-8-19(15-18)31(27,28)25-10-12-29-13-11-25/h5-9,14-15,20,23H,3-4,10-13,16-17H2,1-2H3. The lowest BCUT2D eigenvalue weighted by Crippen LogP contribution is -2.40. The average Bonchev–Trinajstić information content (AvgIpc) is 3.34. The Hall–Kier alpha value is -1.62. The van der Waals surface area contributed by atoms with Crippen molar-refractivity contribution < 1.29 is 17.9 Å². The van der Waals surface area contributed by atoms with Gasteiger partial charge < -0.3 is 10.1 Å². The van der Waals surface area contributed by atoms with E-state index in [4.69, 9.17) is 4.74 Å². The Labute approximate surface area is 189 Å². The van der Waals surface area contributed by atoms with E-state index in [2.05, 4.69) is 35.5 Å². The smallest absolute Gasteiger partial charge is 0.243 e. The van der Waals surface area contributed by atoms with Crippen molar-refractivity contribution in [3.8, 4) is 0 Å². The van der Waals surface area contributed by atoms with Gasteiger partial charge in [-0.15, -0.1) is 11.3 Å². The van der Waals surface area contributed by atoms with Crippen LogP contribution in [0.3, 0.4) is 0 Å². The molecule has 2 heterocycles. The van der Waals surface area contributed by atoms with Gasteiger partial charge in [0.25, 0.3) is 0 Å². The SMILES string of the molecule is CCN(CC)C(CNCC(=O)c1cccc(S(=O)(=O)N2CCOCC2)c1)c1cccs1. The van der Waals surface area contributed by atoms with Crippen LogP contribution >= 0.6 is 11.3 Å². The van der Waals surface area contributed by atoms with Gasteiger partial charge in [0.1, 0.15) is 0 Å². The number of ether oxygens (including phenoxy) is 1. The third kappa shape index (κ3) is 6.00. The van der Waals surface area contributed by atoms with Gasteiger partial charge in [0.2, 0.25) is 10.0 Å². The number of carbonyl (C=O) groups excluding carboxylic acids is 1. The van der Waals surface area contributed by atoms with Gasteiger partial charge in [-0.25, -0.2) is 8.42 Å². The van der Waals surface area contributed by atoms with E-state index in [-0.39, 0.29) is 23.3 Å². The Balaban J connectivity index is 1.65. The lowest BCUT2D eigenvalue weighted by atomic mass is 10.1. The molecule has 2 aromatic rings. The van der Waals surface area contributed by atoms with Crippen molar-refractivity contribution >= 4 is 27.1 Å². The zero-order chi connectivity index (χ0) is 22.3. The van der Waals surface area contributed by atoms with Crippen LogP contribution < -0.4 is 5.32 Å². The van der Waals surface area contributed by atoms with Crippen LogP contribution in [-0.2, 0) is 14.8 Å². The number of ketones is 1. The number of morpholine rings is 1. The molecule has 1 aliphatic rings. The largest absolute Gasteiger partial charge is 0.379 e. The summed E-state index contributed by atoms with van der Waals surface area (Å²) in [5.41, 5.74) is 0.400. The number of rotatable bonds is 11. The van der Waals surface area contributed by atoms with Crippen LogP contribution in [-0.4, -0.2) is 75.9 Å². The number of likely N-dealkylation sites (N-methyl/N-ethyl adjacent to an activating group) is 1. The van der Waals surface area contributed by atoms with Gasteiger partial charge in [0, 0.05) is 30.1 Å². The van der Waals surface area contributed by atoms with E-state index < -0.39 is 10.0 Å². The van der Waals surface area contributed by atoms with Gasteiger partial charge in [0.15, 0.2) is 5.78 Å². The first-order valence-electron chi connectivity index (χ1n) is 10.7. The van der Waals surface area contributed by atoms with E-state index in [1.807, 2.05) is 6.07 Å². The summed E-state index contributed by atoms with van der Waals surface area (Å²) in [4.78, 5) is 16.6. The Morgan fingerprint density at radius 1 is 1.19 bits per heavy atom. The molecule has 31 heavy (non-hydrogen) atoms. The molecule has 7 nitrogen and oxygen atoms in total. The summed E-state index contributed by atoms with van der Waals surface area (Å²) in [5.74, 6) is -0.122. The molecule has 170 valence electrons. The molecule has 1 N–H and O–H groups in total. The van der Waals surface area contributed by atoms with Crippen LogP contribution in [0.2, 0.25) is 0 Å². The molecule has 0 saturated carbocycles. The summed E-state index contributed by atoms with van der Waals surface area (Å²) < 4.78 is 32.4. The molecule has 1 aromatic carbocycles. The fourth-order valence-corrected chi connectivity index (χ4v) is 6.06. The molecule has 0 aliphatic carbocycles. The fourth-order valence-electron chi connectivity index (χ4n) is 3.75. The van der Waals surface area contributed by atoms with Gasteiger partial charge >= 0.3 is 0 Å². The van der Waals surface area contributed by atoms with Crippen molar-refractivity contribution in [1.82, 2.24) is 14.5 Å². The van der Waals surface area contributed by atoms with E-state index >= 15 is 0 Å². The van der Waals surface area contributed by atoms with E-state index in [0.29, 0.717) is 38.4 Å². The predicted molar refractivity (Wildman–Crippen MR) is 123 cm³/mol. The van der Waals surface area contributed by atoms with Gasteiger partial charge in [-0.2, -0.15) is 4.31 Å². The second-order valence-electron chi connectivity index (χ2n) is 7.35. The lowest BCUT2D eigenvalue weighted by Gasteiger charge is -2.29. The molecule has 1 aliphatic heterocycles. The van der Waals surface area contributed by atoms with Crippen LogP contribution in [0, 0.1) is 0 Å². The zero-order valence-corrected chi connectivity index (χ0v) is 19.8. The maximum Gasteiger partial charge on any atom is 0.243 e. The van der Waals surface area contributed by atoms with Crippen LogP contribution in [0.1, 0.15) is 35.1 Å². The molecule has 0 bridgehead atoms. The summed E-state index contributed by atoms with van der Waals surface area (Å²) in [6.45, 7) is 8.37. The number of hydrogen-bond donors (Lipinski definition) is 1. The zero-order valence-electron chi connectivity index (χ0n) is 18.1. The molecule has 0 radical (unpaired) electrons. The monoisotopic (exact) mass is 465 g/mol. The first-order chi connectivity index (χ1) is 15.0. The molecule has 1 saturated heterocycles. The molecule has 3 rings (SSSR count). The Morgan fingerprint density at radius 3 is 2.58 bits per heavy atom. The fraction of sp³-hybridized carbons (Fsp3) is 0.500. The van der Waals surface area contributed by atoms with E-state index in [0.717, 1.165) is 13.1 Å². The number of carbonyl (C=O) groups is 1. The third-order valence-electron chi connectivity index (χ3n) is 5.51. The van der Waals surface area contributed by atoms with Crippen molar-refractivity contribution in [2.45, 2.75) is 24.8 Å². The van der Waals surface area contributed by atoms with Crippen molar-refractivity contribution in [2.75, 3.05) is 52.5 Å². The van der Waals surface area contributed by atoms with Crippen LogP contribution in [0.4, 0.5) is 0 Å². The molecular formula is C22H31N3O4S2. The minimum absolute atomic E-state index is 0.122. The van der Waals surface area contributed by atoms with Crippen LogP contribution in [0.15, 0.2) is 46.7 Å². The van der Waals surface area contributed by atoms with Gasteiger partial charge in [-0.3, -0.25) is 9.69 Å². The second kappa shape index (κ2) is 11.3. The minimum atomic E-state index is -3.62. The summed E-state index contributed by atoms with van der Waals surface area (Å²) >= 11 is 1.72. The number of thiophene rings is 1. The second-order valence-corrected chi connectivity index (χ2v) is 10.3. The summed E-state index contributed by atoms with van der Waals surface area (Å²) in [6, 6.07) is 10.7. The number of hydrogen-bond acceptors (Lipinski definition) is 7. The number of nitrogens with zero attached hydrogens (tertiary/aromatic N) is 2. The van der Waals surface area contributed by atoms with Crippen molar-refractivity contribution in [3.05, 3.63) is 52.2 Å². The topological polar surface area (TPSA) is 79.0 Å². The summed E-state index contributed by atoms with van der Waals surface area (Å²) in [6.07, 6.45) is 0. The molecule has 1 unspecified atom stereocenters. The molecule has 1 fully saturated rings. The molecule has 0 amide bonds. The first kappa shape index (κ1) is 24.0. The highest BCUT2D eigenvalue weighted by Crippen LogP contribution is 2.24. The Morgan fingerprint density at radius 2 is 1.94 bits per heavy atom. The number of nitrogens with one attached hydrogen (secondary N) is 1. The van der Waals surface area contributed by atoms with Gasteiger partial charge in [-0.05, 0) is 36.7 Å². The van der Waals surface area contributed by atoms with Crippen molar-refractivity contribution in [1.29, 1.82) is 0 Å². The molecule has 9 heteroatoms. The van der Waals surface area contributed by atoms with Crippen molar-refractivity contribution in [2.24, 2.45) is 0 Å². The molecule has 0 spiro atoms. The highest BCUT2D eigenvalue weighted by Gasteiger charge is 2.27. The van der Waals surface area contributed by atoms with E-state index in [1.54, 1.807) is 29.5 Å². The Bertz CT molecular complexity index is 937. The highest BCUT2D eigenvalue weighted by molar-refractivity contribution is 7.89. The van der Waals surface area contributed by atoms with E-state index in [1.165, 1.54) is 15.2 Å². The minimum Gasteiger partial charge on any atom is -0.379 e. The molecule has 1 atom stereocenters. The van der Waals surface area contributed by atoms with Crippen LogP contribution in [0.25, 0.3) is 0 Å². The molecule has 1 aromatic heterocycles. The number of Topliss-reactive ketones (excluding diaryl/α,β-unsaturated/α-hetero) is 1. The van der Waals surface area contributed by atoms with Gasteiger partial charge in [-0.1, -0.05) is 32.0 Å². The Kier molecular flexibility index (Phi) is 8.76. The van der Waals surface area contributed by atoms with E-state index in [9.17, 15) is 13.2 Å². The first-order valence-corrected chi connectivity index (χ1v) is 13.0. The van der Waals surface area contributed by atoms with Crippen LogP contribution in [0.5, 0.6) is 0 Å². The average molecular weight is 466 g/mol. The third-order valence-corrected chi connectivity index (χ3v) is 8.38. The number of sulfonamides is 1. The molecular weight excluding hydrogens is 434 g/mol.